The Bertz CT molecular complexity index is 247. The molecule has 1 aromatic rings. The molecular formula is C10H17NOS. The van der Waals surface area contributed by atoms with Crippen molar-refractivity contribution in [2.24, 2.45) is 0 Å². The maximum absolute atomic E-state index is 8.63. The highest BCUT2D eigenvalue weighted by Gasteiger charge is 2.07. The van der Waals surface area contributed by atoms with E-state index in [1.54, 1.807) is 11.3 Å². The van der Waals surface area contributed by atoms with Crippen LogP contribution in [0.3, 0.4) is 0 Å². The third-order valence-electron chi connectivity index (χ3n) is 2.08. The Labute approximate surface area is 83.6 Å². The van der Waals surface area contributed by atoms with Gasteiger partial charge in [-0.05, 0) is 43.8 Å². The second kappa shape index (κ2) is 5.37. The van der Waals surface area contributed by atoms with Crippen molar-refractivity contribution >= 4 is 11.3 Å². The van der Waals surface area contributed by atoms with E-state index in [-0.39, 0.29) is 6.61 Å². The maximum Gasteiger partial charge on any atom is 0.0443 e. The van der Waals surface area contributed by atoms with Gasteiger partial charge in [-0.1, -0.05) is 0 Å². The molecule has 2 nitrogen and oxygen atoms in total. The summed E-state index contributed by atoms with van der Waals surface area (Å²) >= 11 is 1.79. The van der Waals surface area contributed by atoms with Gasteiger partial charge in [0.05, 0.1) is 0 Å². The fourth-order valence-corrected chi connectivity index (χ4v) is 2.28. The number of nitrogens with one attached hydrogen (secondary N) is 1. The first-order chi connectivity index (χ1) is 6.25. The third-order valence-corrected chi connectivity index (χ3v) is 3.28. The summed E-state index contributed by atoms with van der Waals surface area (Å²) in [6, 6.07) is 2.55. The fraction of sp³-hybridized carbons (Fsp3) is 0.600. The number of rotatable bonds is 5. The van der Waals surface area contributed by atoms with Crippen molar-refractivity contribution in [2.75, 3.05) is 13.2 Å². The first kappa shape index (κ1) is 10.7. The molecule has 1 aromatic heterocycles. The number of aliphatic hydroxyl groups is 1. The van der Waals surface area contributed by atoms with Crippen LogP contribution in [0.5, 0.6) is 0 Å². The van der Waals surface area contributed by atoms with E-state index >= 15 is 0 Å². The minimum Gasteiger partial charge on any atom is -0.396 e. The molecule has 0 bridgehead atoms. The van der Waals surface area contributed by atoms with E-state index in [4.69, 9.17) is 5.11 Å². The van der Waals surface area contributed by atoms with Crippen LogP contribution in [0.25, 0.3) is 0 Å². The molecule has 0 amide bonds. The van der Waals surface area contributed by atoms with Crippen molar-refractivity contribution in [3.8, 4) is 0 Å². The summed E-state index contributed by atoms with van der Waals surface area (Å²) < 4.78 is 0. The number of aryl methyl sites for hydroxylation is 1. The lowest BCUT2D eigenvalue weighted by molar-refractivity contribution is 0.284. The molecule has 13 heavy (non-hydrogen) atoms. The third kappa shape index (κ3) is 3.10. The lowest BCUT2D eigenvalue weighted by atomic mass is 10.2. The van der Waals surface area contributed by atoms with E-state index < -0.39 is 0 Å². The average molecular weight is 199 g/mol. The summed E-state index contributed by atoms with van der Waals surface area (Å²) in [7, 11) is 0. The molecule has 2 N–H and O–H groups in total. The van der Waals surface area contributed by atoms with Gasteiger partial charge in [0.25, 0.3) is 0 Å². The quantitative estimate of drug-likeness (QED) is 0.712. The standard InChI is InChI=1S/C10H17NOS/c1-8-4-7-13-10(8)9(2)11-5-3-6-12/h4,7,9,11-12H,3,5-6H2,1-2H3. The molecule has 0 aliphatic rings. The molecular weight excluding hydrogens is 182 g/mol. The Morgan fingerprint density at radius 2 is 2.38 bits per heavy atom. The second-order valence-electron chi connectivity index (χ2n) is 3.22. The summed E-state index contributed by atoms with van der Waals surface area (Å²) in [6.45, 7) is 5.45. The van der Waals surface area contributed by atoms with Crippen molar-refractivity contribution in [3.05, 3.63) is 21.9 Å². The molecule has 0 saturated heterocycles. The largest absolute Gasteiger partial charge is 0.396 e. The molecule has 0 spiro atoms. The Morgan fingerprint density at radius 1 is 1.62 bits per heavy atom. The SMILES string of the molecule is Cc1ccsc1C(C)NCCCO. The minimum atomic E-state index is 0.267. The van der Waals surface area contributed by atoms with Crippen LogP contribution in [0.2, 0.25) is 0 Å². The van der Waals surface area contributed by atoms with Crippen LogP contribution >= 0.6 is 11.3 Å². The summed E-state index contributed by atoms with van der Waals surface area (Å²) in [5, 5.41) is 14.1. The normalized spacial score (nSPS) is 13.2. The lowest BCUT2D eigenvalue weighted by Crippen LogP contribution is -2.20. The van der Waals surface area contributed by atoms with Gasteiger partial charge in [-0.2, -0.15) is 0 Å². The van der Waals surface area contributed by atoms with Crippen molar-refractivity contribution in [1.29, 1.82) is 0 Å². The molecule has 1 heterocycles. The Balaban J connectivity index is 2.39. The Morgan fingerprint density at radius 3 is 2.92 bits per heavy atom. The van der Waals surface area contributed by atoms with Crippen molar-refractivity contribution < 1.29 is 5.11 Å². The molecule has 3 heteroatoms. The Kier molecular flexibility index (Phi) is 4.42. The van der Waals surface area contributed by atoms with Crippen molar-refractivity contribution in [2.45, 2.75) is 26.3 Å². The van der Waals surface area contributed by atoms with Gasteiger partial charge >= 0.3 is 0 Å². The monoisotopic (exact) mass is 199 g/mol. The van der Waals surface area contributed by atoms with E-state index in [2.05, 4.69) is 30.6 Å². The van der Waals surface area contributed by atoms with Crippen molar-refractivity contribution in [3.63, 3.8) is 0 Å². The zero-order valence-corrected chi connectivity index (χ0v) is 9.03. The summed E-state index contributed by atoms with van der Waals surface area (Å²) in [5.41, 5.74) is 1.36. The van der Waals surface area contributed by atoms with Gasteiger partial charge in [-0.25, -0.2) is 0 Å². The van der Waals surface area contributed by atoms with Crippen LogP contribution in [0.15, 0.2) is 11.4 Å². The Hall–Kier alpha value is -0.380. The number of thiophene rings is 1. The fourth-order valence-electron chi connectivity index (χ4n) is 1.32. The minimum absolute atomic E-state index is 0.267. The number of hydrogen-bond acceptors (Lipinski definition) is 3. The van der Waals surface area contributed by atoms with Gasteiger partial charge in [0.15, 0.2) is 0 Å². The van der Waals surface area contributed by atoms with E-state index in [0.717, 1.165) is 13.0 Å². The molecule has 0 aliphatic carbocycles. The molecule has 0 saturated carbocycles. The topological polar surface area (TPSA) is 32.3 Å². The number of aliphatic hydroxyl groups excluding tert-OH is 1. The van der Waals surface area contributed by atoms with E-state index in [1.165, 1.54) is 10.4 Å². The van der Waals surface area contributed by atoms with Crippen LogP contribution < -0.4 is 5.32 Å². The van der Waals surface area contributed by atoms with Gasteiger partial charge in [0, 0.05) is 17.5 Å². The molecule has 0 aliphatic heterocycles. The number of hydrogen-bond donors (Lipinski definition) is 2. The van der Waals surface area contributed by atoms with Crippen LogP contribution in [-0.2, 0) is 0 Å². The first-order valence-electron chi connectivity index (χ1n) is 4.64. The molecule has 0 aromatic carbocycles. The molecule has 1 unspecified atom stereocenters. The molecule has 74 valence electrons. The van der Waals surface area contributed by atoms with Gasteiger partial charge in [-0.3, -0.25) is 0 Å². The first-order valence-corrected chi connectivity index (χ1v) is 5.52. The molecule has 0 fully saturated rings. The predicted molar refractivity (Wildman–Crippen MR) is 57.2 cm³/mol. The average Bonchev–Trinajstić information content (AvgIpc) is 2.52. The maximum atomic E-state index is 8.63. The van der Waals surface area contributed by atoms with Crippen LogP contribution in [0.4, 0.5) is 0 Å². The summed E-state index contributed by atoms with van der Waals surface area (Å²) in [6.07, 6.45) is 0.828. The van der Waals surface area contributed by atoms with Gasteiger partial charge in [-0.15, -0.1) is 11.3 Å². The summed E-state index contributed by atoms with van der Waals surface area (Å²) in [4.78, 5) is 1.40. The van der Waals surface area contributed by atoms with Gasteiger partial charge in [0.2, 0.25) is 0 Å². The molecule has 1 rings (SSSR count). The van der Waals surface area contributed by atoms with E-state index in [1.807, 2.05) is 0 Å². The zero-order chi connectivity index (χ0) is 9.68. The highest BCUT2D eigenvalue weighted by molar-refractivity contribution is 7.10. The highest BCUT2D eigenvalue weighted by Crippen LogP contribution is 2.22. The van der Waals surface area contributed by atoms with Crippen molar-refractivity contribution in [1.82, 2.24) is 5.32 Å². The predicted octanol–water partition coefficient (Wildman–Crippen LogP) is 2.09. The van der Waals surface area contributed by atoms with Gasteiger partial charge < -0.3 is 10.4 Å². The second-order valence-corrected chi connectivity index (χ2v) is 4.17. The smallest absolute Gasteiger partial charge is 0.0443 e. The highest BCUT2D eigenvalue weighted by atomic mass is 32.1. The molecule has 1 atom stereocenters. The summed E-state index contributed by atoms with van der Waals surface area (Å²) in [5.74, 6) is 0. The van der Waals surface area contributed by atoms with E-state index in [9.17, 15) is 0 Å². The van der Waals surface area contributed by atoms with Crippen LogP contribution in [-0.4, -0.2) is 18.3 Å². The van der Waals surface area contributed by atoms with Crippen LogP contribution in [0.1, 0.15) is 29.8 Å². The lowest BCUT2D eigenvalue weighted by Gasteiger charge is -2.12. The van der Waals surface area contributed by atoms with E-state index in [0.29, 0.717) is 6.04 Å². The van der Waals surface area contributed by atoms with Crippen LogP contribution in [0, 0.1) is 6.92 Å². The zero-order valence-electron chi connectivity index (χ0n) is 8.21. The molecule has 0 radical (unpaired) electrons. The van der Waals surface area contributed by atoms with Gasteiger partial charge in [0.1, 0.15) is 0 Å².